The number of carbonyl (C=O) groups is 1. The summed E-state index contributed by atoms with van der Waals surface area (Å²) < 4.78 is 18.7. The number of piperazine rings is 1. The number of anilines is 1. The Bertz CT molecular complexity index is 895. The van der Waals surface area contributed by atoms with Crippen molar-refractivity contribution in [3.05, 3.63) is 24.5 Å². The zero-order valence-corrected chi connectivity index (χ0v) is 19.5. The van der Waals surface area contributed by atoms with E-state index in [9.17, 15) is 4.79 Å². The molecule has 176 valence electrons. The van der Waals surface area contributed by atoms with Gasteiger partial charge in [-0.3, -0.25) is 4.90 Å². The Hall–Kier alpha value is -2.52. The number of amides is 1. The third-order valence-electron chi connectivity index (χ3n) is 5.73. The summed E-state index contributed by atoms with van der Waals surface area (Å²) in [5.41, 5.74) is 1.64. The topological polar surface area (TPSA) is 71.8 Å². The average Bonchev–Trinajstić information content (AvgIpc) is 3.20. The molecule has 2 aliphatic heterocycles. The number of pyridine rings is 1. The minimum absolute atomic E-state index is 0.243. The SMILES string of the molecule is CC(C)(C)OC(=O)N1CCN(c2cnn3cc(OCCCN4CCOCC4)ccc23)CC1. The van der Waals surface area contributed by atoms with Gasteiger partial charge in [-0.15, -0.1) is 0 Å². The number of hydrogen-bond acceptors (Lipinski definition) is 7. The van der Waals surface area contributed by atoms with Gasteiger partial charge in [0.15, 0.2) is 0 Å². The summed E-state index contributed by atoms with van der Waals surface area (Å²) in [4.78, 5) is 18.8. The van der Waals surface area contributed by atoms with Crippen LogP contribution in [0.1, 0.15) is 27.2 Å². The highest BCUT2D eigenvalue weighted by atomic mass is 16.6. The van der Waals surface area contributed by atoms with Gasteiger partial charge < -0.3 is 24.0 Å². The lowest BCUT2D eigenvalue weighted by molar-refractivity contribution is 0.0240. The highest BCUT2D eigenvalue weighted by Crippen LogP contribution is 2.25. The Balaban J connectivity index is 1.28. The van der Waals surface area contributed by atoms with Crippen LogP contribution in [0, 0.1) is 0 Å². The first-order valence-electron chi connectivity index (χ1n) is 11.5. The van der Waals surface area contributed by atoms with Crippen molar-refractivity contribution in [2.75, 3.05) is 70.5 Å². The number of ether oxygens (including phenoxy) is 3. The highest BCUT2D eigenvalue weighted by molar-refractivity contribution is 5.74. The number of aromatic nitrogens is 2. The van der Waals surface area contributed by atoms with E-state index in [0.29, 0.717) is 19.7 Å². The zero-order valence-electron chi connectivity index (χ0n) is 19.5. The molecule has 0 aromatic carbocycles. The lowest BCUT2D eigenvalue weighted by Gasteiger charge is -2.36. The van der Waals surface area contributed by atoms with Gasteiger partial charge in [0.25, 0.3) is 0 Å². The second-order valence-electron chi connectivity index (χ2n) is 9.33. The average molecular weight is 446 g/mol. The molecule has 0 spiro atoms. The number of morpholine rings is 1. The lowest BCUT2D eigenvalue weighted by atomic mass is 10.2. The van der Waals surface area contributed by atoms with Gasteiger partial charge in [0.2, 0.25) is 0 Å². The molecule has 9 heteroatoms. The maximum atomic E-state index is 12.3. The van der Waals surface area contributed by atoms with Crippen LogP contribution < -0.4 is 9.64 Å². The molecule has 2 fully saturated rings. The van der Waals surface area contributed by atoms with Gasteiger partial charge in [-0.1, -0.05) is 0 Å². The van der Waals surface area contributed by atoms with Crippen LogP contribution in [0.5, 0.6) is 5.75 Å². The predicted octanol–water partition coefficient (Wildman–Crippen LogP) is 2.49. The molecule has 0 unspecified atom stereocenters. The molecule has 4 rings (SSSR count). The van der Waals surface area contributed by atoms with Gasteiger partial charge in [-0.2, -0.15) is 5.10 Å². The van der Waals surface area contributed by atoms with Crippen molar-refractivity contribution in [1.29, 1.82) is 0 Å². The summed E-state index contributed by atoms with van der Waals surface area (Å²) in [5, 5.41) is 4.53. The number of rotatable bonds is 6. The molecule has 2 aromatic rings. The van der Waals surface area contributed by atoms with Crippen molar-refractivity contribution >= 4 is 17.3 Å². The fourth-order valence-corrected chi connectivity index (χ4v) is 4.04. The molecule has 0 bridgehead atoms. The maximum absolute atomic E-state index is 12.3. The Morgan fingerprint density at radius 2 is 1.84 bits per heavy atom. The number of fused-ring (bicyclic) bond motifs is 1. The summed E-state index contributed by atoms with van der Waals surface area (Å²) in [6.45, 7) is 13.8. The molecule has 0 radical (unpaired) electrons. The Morgan fingerprint density at radius 3 is 2.56 bits per heavy atom. The fraction of sp³-hybridized carbons (Fsp3) is 0.652. The van der Waals surface area contributed by atoms with Gasteiger partial charge >= 0.3 is 6.09 Å². The van der Waals surface area contributed by atoms with Crippen molar-refractivity contribution in [1.82, 2.24) is 19.4 Å². The lowest BCUT2D eigenvalue weighted by Crippen LogP contribution is -2.50. The summed E-state index contributed by atoms with van der Waals surface area (Å²) >= 11 is 0. The van der Waals surface area contributed by atoms with E-state index in [1.54, 1.807) is 4.90 Å². The van der Waals surface area contributed by atoms with E-state index in [0.717, 1.165) is 69.3 Å². The van der Waals surface area contributed by atoms with Crippen molar-refractivity contribution in [2.45, 2.75) is 32.8 Å². The minimum atomic E-state index is -0.473. The molecule has 0 atom stereocenters. The molecular weight excluding hydrogens is 410 g/mol. The molecule has 1 amide bonds. The van der Waals surface area contributed by atoms with Crippen molar-refractivity contribution < 1.29 is 19.0 Å². The maximum Gasteiger partial charge on any atom is 0.410 e. The van der Waals surface area contributed by atoms with Crippen LogP contribution in [-0.4, -0.2) is 96.7 Å². The third kappa shape index (κ3) is 5.83. The van der Waals surface area contributed by atoms with Gasteiger partial charge in [-0.25, -0.2) is 9.31 Å². The minimum Gasteiger partial charge on any atom is -0.492 e. The second-order valence-corrected chi connectivity index (χ2v) is 9.33. The van der Waals surface area contributed by atoms with E-state index < -0.39 is 5.60 Å². The Kier molecular flexibility index (Phi) is 7.05. The molecule has 0 saturated carbocycles. The molecule has 4 heterocycles. The van der Waals surface area contributed by atoms with E-state index in [-0.39, 0.29) is 6.09 Å². The van der Waals surface area contributed by atoms with Gasteiger partial charge in [0, 0.05) is 45.8 Å². The van der Waals surface area contributed by atoms with Crippen LogP contribution >= 0.6 is 0 Å². The first-order valence-corrected chi connectivity index (χ1v) is 11.5. The summed E-state index contributed by atoms with van der Waals surface area (Å²) in [7, 11) is 0. The largest absolute Gasteiger partial charge is 0.492 e. The first-order chi connectivity index (χ1) is 15.4. The van der Waals surface area contributed by atoms with Crippen LogP contribution in [0.15, 0.2) is 24.5 Å². The van der Waals surface area contributed by atoms with Crippen molar-refractivity contribution in [3.63, 3.8) is 0 Å². The van der Waals surface area contributed by atoms with E-state index in [2.05, 4.69) is 21.0 Å². The van der Waals surface area contributed by atoms with Gasteiger partial charge in [0.1, 0.15) is 11.4 Å². The molecule has 32 heavy (non-hydrogen) atoms. The number of nitrogens with zero attached hydrogens (tertiary/aromatic N) is 5. The monoisotopic (exact) mass is 445 g/mol. The smallest absolute Gasteiger partial charge is 0.410 e. The summed E-state index contributed by atoms with van der Waals surface area (Å²) in [6.07, 6.45) is 4.57. The highest BCUT2D eigenvalue weighted by Gasteiger charge is 2.27. The zero-order chi connectivity index (χ0) is 22.6. The van der Waals surface area contributed by atoms with Crippen LogP contribution in [0.3, 0.4) is 0 Å². The molecule has 9 nitrogen and oxygen atoms in total. The number of carbonyl (C=O) groups excluding carboxylic acids is 1. The fourth-order valence-electron chi connectivity index (χ4n) is 4.04. The molecule has 2 aliphatic rings. The van der Waals surface area contributed by atoms with Crippen LogP contribution in [-0.2, 0) is 9.47 Å². The Morgan fingerprint density at radius 1 is 1.09 bits per heavy atom. The van der Waals surface area contributed by atoms with Crippen LogP contribution in [0.4, 0.5) is 10.5 Å². The van der Waals surface area contributed by atoms with Crippen LogP contribution in [0.2, 0.25) is 0 Å². The standard InChI is InChI=1S/C23H35N5O4/c1-23(2,3)32-22(29)27-10-8-26(9-11-27)21-17-24-28-18-19(5-6-20(21)28)31-14-4-7-25-12-15-30-16-13-25/h5-6,17-18H,4,7-16H2,1-3H3. The van der Waals surface area contributed by atoms with E-state index in [1.807, 2.05) is 43.7 Å². The number of hydrogen-bond donors (Lipinski definition) is 0. The molecule has 0 N–H and O–H groups in total. The normalized spacial score (nSPS) is 18.2. The third-order valence-corrected chi connectivity index (χ3v) is 5.73. The Labute approximate surface area is 189 Å². The molecule has 2 aromatic heterocycles. The summed E-state index contributed by atoms with van der Waals surface area (Å²) in [6, 6.07) is 4.06. The molecule has 2 saturated heterocycles. The van der Waals surface area contributed by atoms with Crippen molar-refractivity contribution in [3.8, 4) is 5.75 Å². The van der Waals surface area contributed by atoms with Gasteiger partial charge in [0.05, 0.1) is 43.4 Å². The van der Waals surface area contributed by atoms with E-state index in [1.165, 1.54) is 0 Å². The molecule has 0 aliphatic carbocycles. The first kappa shape index (κ1) is 22.7. The predicted molar refractivity (Wildman–Crippen MR) is 123 cm³/mol. The van der Waals surface area contributed by atoms with Crippen molar-refractivity contribution in [2.24, 2.45) is 0 Å². The van der Waals surface area contributed by atoms with Gasteiger partial charge in [-0.05, 0) is 39.3 Å². The quantitative estimate of drug-likeness (QED) is 0.633. The van der Waals surface area contributed by atoms with Crippen LogP contribution in [0.25, 0.3) is 5.52 Å². The second kappa shape index (κ2) is 9.95. The summed E-state index contributed by atoms with van der Waals surface area (Å²) in [5.74, 6) is 0.823. The molecular formula is C23H35N5O4. The van der Waals surface area contributed by atoms with E-state index in [4.69, 9.17) is 14.2 Å². The van der Waals surface area contributed by atoms with E-state index >= 15 is 0 Å².